The number of hydrogen-bond acceptors (Lipinski definition) is 3. The third-order valence-electron chi connectivity index (χ3n) is 3.39. The topological polar surface area (TPSA) is 66.8 Å². The van der Waals surface area contributed by atoms with Crippen LogP contribution in [0.1, 0.15) is 13.3 Å². The minimum absolute atomic E-state index is 0.0265. The Morgan fingerprint density at radius 1 is 1.38 bits per heavy atom. The lowest BCUT2D eigenvalue weighted by atomic mass is 10.1. The molecule has 1 N–H and O–H groups in total. The maximum atomic E-state index is 13.9. The van der Waals surface area contributed by atoms with E-state index in [1.165, 1.54) is 31.2 Å². The summed E-state index contributed by atoms with van der Waals surface area (Å²) in [6, 6.07) is 5.14. The van der Waals surface area contributed by atoms with E-state index in [1.807, 2.05) is 0 Å². The molecule has 2 rings (SSSR count). The quantitative estimate of drug-likeness (QED) is 0.917. The van der Waals surface area contributed by atoms with Crippen LogP contribution in [0.25, 0.3) is 0 Å². The zero-order valence-electron chi connectivity index (χ0n) is 11.4. The fourth-order valence-corrected chi connectivity index (χ4v) is 2.16. The second-order valence-electron chi connectivity index (χ2n) is 4.99. The summed E-state index contributed by atoms with van der Waals surface area (Å²) >= 11 is 0. The molecule has 2 atom stereocenters. The number of carboxylic acid groups (broad SMARTS) is 1. The number of nitrogens with zero attached hydrogens (tertiary/aromatic N) is 1. The lowest BCUT2D eigenvalue weighted by Gasteiger charge is -2.22. The summed E-state index contributed by atoms with van der Waals surface area (Å²) in [4.78, 5) is 24.0. The van der Waals surface area contributed by atoms with E-state index in [1.54, 1.807) is 0 Å². The molecule has 1 aliphatic rings. The van der Waals surface area contributed by atoms with Gasteiger partial charge in [-0.1, -0.05) is 0 Å². The molecule has 0 radical (unpaired) electrons. The average Bonchev–Trinajstić information content (AvgIpc) is 2.84. The van der Waals surface area contributed by atoms with E-state index in [4.69, 9.17) is 9.84 Å². The summed E-state index contributed by atoms with van der Waals surface area (Å²) < 4.78 is 32.0. The molecular formula is C14H15F2NO4. The highest BCUT2D eigenvalue weighted by Gasteiger charge is 2.47. The van der Waals surface area contributed by atoms with Crippen LogP contribution in [-0.4, -0.2) is 46.7 Å². The lowest BCUT2D eigenvalue weighted by molar-refractivity contribution is -0.150. The normalized spacial score (nSPS) is 22.9. The Morgan fingerprint density at radius 2 is 2.00 bits per heavy atom. The zero-order valence-corrected chi connectivity index (χ0v) is 11.4. The van der Waals surface area contributed by atoms with Gasteiger partial charge in [-0.3, -0.25) is 4.79 Å². The molecule has 0 aliphatic carbocycles. The van der Waals surface area contributed by atoms with Crippen molar-refractivity contribution in [2.75, 3.05) is 13.1 Å². The summed E-state index contributed by atoms with van der Waals surface area (Å²) in [5.74, 6) is -2.18. The molecule has 7 heteroatoms. The first kappa shape index (κ1) is 15.2. The van der Waals surface area contributed by atoms with Gasteiger partial charge in [-0.05, 0) is 31.2 Å². The van der Waals surface area contributed by atoms with Crippen molar-refractivity contribution in [3.8, 4) is 5.75 Å². The van der Waals surface area contributed by atoms with Crippen LogP contribution in [0.5, 0.6) is 5.75 Å². The van der Waals surface area contributed by atoms with Gasteiger partial charge in [0.15, 0.2) is 6.10 Å². The number of carboxylic acids is 1. The van der Waals surface area contributed by atoms with Gasteiger partial charge < -0.3 is 14.7 Å². The highest BCUT2D eigenvalue weighted by atomic mass is 19.1. The molecule has 0 aromatic heterocycles. The van der Waals surface area contributed by atoms with Crippen LogP contribution in [0.2, 0.25) is 0 Å². The van der Waals surface area contributed by atoms with Crippen molar-refractivity contribution in [1.29, 1.82) is 0 Å². The molecular weight excluding hydrogens is 284 g/mol. The minimum Gasteiger partial charge on any atom is -0.481 e. The molecule has 2 unspecified atom stereocenters. The van der Waals surface area contributed by atoms with Gasteiger partial charge in [-0.2, -0.15) is 0 Å². The number of ether oxygens (including phenoxy) is 1. The minimum atomic E-state index is -2.40. The molecule has 21 heavy (non-hydrogen) atoms. The van der Waals surface area contributed by atoms with Gasteiger partial charge in [0, 0.05) is 13.0 Å². The summed E-state index contributed by atoms with van der Waals surface area (Å²) in [7, 11) is 0. The molecule has 1 aliphatic heterocycles. The number of alkyl halides is 1. The number of likely N-dealkylation sites (tertiary alicyclic amines) is 1. The van der Waals surface area contributed by atoms with E-state index in [9.17, 15) is 18.4 Å². The average molecular weight is 299 g/mol. The van der Waals surface area contributed by atoms with Gasteiger partial charge in [-0.25, -0.2) is 13.6 Å². The van der Waals surface area contributed by atoms with Crippen molar-refractivity contribution in [3.05, 3.63) is 30.1 Å². The van der Waals surface area contributed by atoms with Crippen molar-refractivity contribution in [2.45, 2.75) is 25.1 Å². The fraction of sp³-hybridized carbons (Fsp3) is 0.429. The fourth-order valence-electron chi connectivity index (χ4n) is 2.16. The molecule has 0 bridgehead atoms. The molecule has 0 spiro atoms. The Bertz CT molecular complexity index is 548. The number of carbonyl (C=O) groups is 2. The van der Waals surface area contributed by atoms with E-state index in [-0.39, 0.29) is 13.0 Å². The van der Waals surface area contributed by atoms with Crippen molar-refractivity contribution in [2.24, 2.45) is 0 Å². The van der Waals surface area contributed by atoms with Gasteiger partial charge in [0.2, 0.25) is 5.67 Å². The predicted molar refractivity (Wildman–Crippen MR) is 69.2 cm³/mol. The molecule has 1 aromatic carbocycles. The Kier molecular flexibility index (Phi) is 4.11. The van der Waals surface area contributed by atoms with Crippen LogP contribution < -0.4 is 4.74 Å². The molecule has 0 saturated carbocycles. The van der Waals surface area contributed by atoms with E-state index in [2.05, 4.69) is 0 Å². The predicted octanol–water partition coefficient (Wildman–Crippen LogP) is 1.62. The van der Waals surface area contributed by atoms with Crippen LogP contribution in [-0.2, 0) is 9.59 Å². The summed E-state index contributed by atoms with van der Waals surface area (Å²) in [5.41, 5.74) is -2.40. The largest absolute Gasteiger partial charge is 0.481 e. The molecule has 5 nitrogen and oxygen atoms in total. The number of aliphatic carboxylic acids is 1. The van der Waals surface area contributed by atoms with Crippen LogP contribution >= 0.6 is 0 Å². The van der Waals surface area contributed by atoms with Crippen LogP contribution in [0, 0.1) is 5.82 Å². The number of rotatable bonds is 4. The Hall–Kier alpha value is -2.18. The van der Waals surface area contributed by atoms with Gasteiger partial charge >= 0.3 is 5.97 Å². The summed E-state index contributed by atoms with van der Waals surface area (Å²) in [6.07, 6.45) is -1.15. The van der Waals surface area contributed by atoms with Crippen LogP contribution in [0.15, 0.2) is 24.3 Å². The second kappa shape index (κ2) is 5.67. The monoisotopic (exact) mass is 299 g/mol. The smallest absolute Gasteiger partial charge is 0.343 e. The zero-order chi connectivity index (χ0) is 15.6. The number of carbonyl (C=O) groups excluding carboxylic acids is 1. The van der Waals surface area contributed by atoms with Crippen molar-refractivity contribution >= 4 is 11.9 Å². The SMILES string of the molecule is CC(Oc1ccc(F)cc1)C(=O)N1CCC(F)(C(=O)O)C1. The lowest BCUT2D eigenvalue weighted by Crippen LogP contribution is -2.43. The second-order valence-corrected chi connectivity index (χ2v) is 4.99. The number of halogens is 2. The van der Waals surface area contributed by atoms with Gasteiger partial charge in [0.05, 0.1) is 6.54 Å². The number of benzene rings is 1. The molecule has 1 heterocycles. The Morgan fingerprint density at radius 3 is 2.52 bits per heavy atom. The van der Waals surface area contributed by atoms with E-state index in [0.717, 1.165) is 4.90 Å². The van der Waals surface area contributed by atoms with Gasteiger partial charge in [0.1, 0.15) is 11.6 Å². The standard InChI is InChI=1S/C14H15F2NO4/c1-9(21-11-4-2-10(15)3-5-11)12(18)17-7-6-14(16,8-17)13(19)20/h2-5,9H,6-8H2,1H3,(H,19,20). The highest BCUT2D eigenvalue weighted by molar-refractivity contribution is 5.84. The van der Waals surface area contributed by atoms with Gasteiger partial charge in [-0.15, -0.1) is 0 Å². The van der Waals surface area contributed by atoms with Crippen LogP contribution in [0.4, 0.5) is 8.78 Å². The van der Waals surface area contributed by atoms with Crippen molar-refractivity contribution < 1.29 is 28.2 Å². The molecule has 1 saturated heterocycles. The maximum Gasteiger partial charge on any atom is 0.343 e. The first-order valence-corrected chi connectivity index (χ1v) is 6.45. The first-order valence-electron chi connectivity index (χ1n) is 6.45. The van der Waals surface area contributed by atoms with E-state index >= 15 is 0 Å². The summed E-state index contributed by atoms with van der Waals surface area (Å²) in [6.45, 7) is 1.02. The highest BCUT2D eigenvalue weighted by Crippen LogP contribution is 2.26. The molecule has 1 amide bonds. The molecule has 1 fully saturated rings. The third-order valence-corrected chi connectivity index (χ3v) is 3.39. The van der Waals surface area contributed by atoms with Gasteiger partial charge in [0.25, 0.3) is 5.91 Å². The first-order chi connectivity index (χ1) is 9.82. The number of amides is 1. The molecule has 1 aromatic rings. The summed E-state index contributed by atoms with van der Waals surface area (Å²) in [5, 5.41) is 8.79. The maximum absolute atomic E-state index is 13.9. The Balaban J connectivity index is 1.97. The van der Waals surface area contributed by atoms with Crippen molar-refractivity contribution in [3.63, 3.8) is 0 Å². The Labute approximate surface area is 120 Å². The third kappa shape index (κ3) is 3.29. The number of hydrogen-bond donors (Lipinski definition) is 1. The van der Waals surface area contributed by atoms with E-state index < -0.39 is 36.0 Å². The van der Waals surface area contributed by atoms with Crippen molar-refractivity contribution in [1.82, 2.24) is 4.90 Å². The van der Waals surface area contributed by atoms with E-state index in [0.29, 0.717) is 5.75 Å². The van der Waals surface area contributed by atoms with Crippen LogP contribution in [0.3, 0.4) is 0 Å². The molecule has 114 valence electrons.